The van der Waals surface area contributed by atoms with E-state index in [-0.39, 0.29) is 18.1 Å². The Labute approximate surface area is 147 Å². The molecule has 8 heteroatoms. The van der Waals surface area contributed by atoms with Crippen LogP contribution in [0, 0.1) is 10.1 Å². The molecule has 0 heterocycles. The molecule has 0 spiro atoms. The van der Waals surface area contributed by atoms with Crippen LogP contribution in [0.4, 0.5) is 11.4 Å². The van der Waals surface area contributed by atoms with Gasteiger partial charge in [-0.3, -0.25) is 10.1 Å². The number of aliphatic hydroxyl groups is 1. The summed E-state index contributed by atoms with van der Waals surface area (Å²) in [5.41, 5.74) is 0.534. The second kappa shape index (κ2) is 8.40. The van der Waals surface area contributed by atoms with Gasteiger partial charge < -0.3 is 10.4 Å². The topological polar surface area (TPSA) is 75.4 Å². The van der Waals surface area contributed by atoms with Crippen LogP contribution in [0.3, 0.4) is 0 Å². The molecule has 0 saturated heterocycles. The number of hydrogen-bond donors (Lipinski definition) is 2. The maximum Gasteiger partial charge on any atom is 0.272 e. The number of nitrogens with one attached hydrogen (secondary N) is 1. The maximum absolute atomic E-state index is 11.1. The highest BCUT2D eigenvalue weighted by Crippen LogP contribution is 2.33. The van der Waals surface area contributed by atoms with Crippen LogP contribution in [0.5, 0.6) is 0 Å². The van der Waals surface area contributed by atoms with Crippen LogP contribution in [0.15, 0.2) is 52.3 Å². The van der Waals surface area contributed by atoms with Gasteiger partial charge in [0.2, 0.25) is 0 Å². The molecule has 1 atom stereocenters. The van der Waals surface area contributed by atoms with Gasteiger partial charge in [-0.2, -0.15) is 0 Å². The van der Waals surface area contributed by atoms with Crippen molar-refractivity contribution in [2.45, 2.75) is 15.9 Å². The summed E-state index contributed by atoms with van der Waals surface area (Å²) in [6.07, 6.45) is -0.719. The first-order chi connectivity index (χ1) is 11.0. The van der Waals surface area contributed by atoms with Gasteiger partial charge >= 0.3 is 0 Å². The lowest BCUT2D eigenvalue weighted by atomic mass is 10.2. The van der Waals surface area contributed by atoms with Gasteiger partial charge in [0.05, 0.1) is 16.9 Å². The normalized spacial score (nSPS) is 12.0. The van der Waals surface area contributed by atoms with E-state index in [0.29, 0.717) is 15.6 Å². The first-order valence-corrected chi connectivity index (χ1v) is 8.41. The third kappa shape index (κ3) is 5.58. The number of alkyl halides is 1. The largest absolute Gasteiger partial charge is 0.390 e. The fraction of sp³-hybridized carbons (Fsp3) is 0.200. The third-order valence-corrected chi connectivity index (χ3v) is 4.46. The van der Waals surface area contributed by atoms with Gasteiger partial charge in [0.25, 0.3) is 5.69 Å². The lowest BCUT2D eigenvalue weighted by Gasteiger charge is -2.11. The number of hydrogen-bond acceptors (Lipinski definition) is 5. The lowest BCUT2D eigenvalue weighted by Crippen LogP contribution is -2.20. The highest BCUT2D eigenvalue weighted by Gasteiger charge is 2.12. The third-order valence-electron chi connectivity index (χ3n) is 2.87. The zero-order chi connectivity index (χ0) is 16.8. The molecule has 0 saturated carbocycles. The van der Waals surface area contributed by atoms with Crippen molar-refractivity contribution in [1.82, 2.24) is 0 Å². The molecule has 0 aromatic heterocycles. The summed E-state index contributed by atoms with van der Waals surface area (Å²) in [6.45, 7) is 0.218. The average molecular weight is 373 g/mol. The number of aliphatic hydroxyl groups excluding tert-OH is 1. The molecule has 0 radical (unpaired) electrons. The summed E-state index contributed by atoms with van der Waals surface area (Å²) in [7, 11) is 0. The van der Waals surface area contributed by atoms with Crippen molar-refractivity contribution in [3.8, 4) is 0 Å². The highest BCUT2D eigenvalue weighted by atomic mass is 35.5. The van der Waals surface area contributed by atoms with E-state index in [1.165, 1.54) is 23.9 Å². The molecule has 2 aromatic carbocycles. The number of nitrogens with zero attached hydrogens (tertiary/aromatic N) is 1. The predicted octanol–water partition coefficient (Wildman–Crippen LogP) is 4.41. The summed E-state index contributed by atoms with van der Waals surface area (Å²) in [6, 6.07) is 11.9. The summed E-state index contributed by atoms with van der Waals surface area (Å²) >= 11 is 12.8. The molecule has 0 aliphatic rings. The Kier molecular flexibility index (Phi) is 6.53. The van der Waals surface area contributed by atoms with E-state index in [1.807, 2.05) is 12.1 Å². The predicted molar refractivity (Wildman–Crippen MR) is 93.9 cm³/mol. The van der Waals surface area contributed by atoms with Gasteiger partial charge in [-0.1, -0.05) is 23.4 Å². The summed E-state index contributed by atoms with van der Waals surface area (Å²) in [4.78, 5) is 12.3. The van der Waals surface area contributed by atoms with Crippen LogP contribution in [0.25, 0.3) is 0 Å². The summed E-state index contributed by atoms with van der Waals surface area (Å²) < 4.78 is 0. The number of nitro benzene ring substituents is 1. The van der Waals surface area contributed by atoms with Crippen molar-refractivity contribution < 1.29 is 10.0 Å². The van der Waals surface area contributed by atoms with Crippen LogP contribution >= 0.6 is 35.0 Å². The average Bonchev–Trinajstić information content (AvgIpc) is 2.54. The molecule has 0 bridgehead atoms. The Morgan fingerprint density at radius 3 is 2.52 bits per heavy atom. The van der Waals surface area contributed by atoms with E-state index >= 15 is 0 Å². The zero-order valence-corrected chi connectivity index (χ0v) is 14.2. The van der Waals surface area contributed by atoms with Crippen molar-refractivity contribution in [3.05, 3.63) is 57.6 Å². The second-order valence-electron chi connectivity index (χ2n) is 4.72. The molecule has 0 amide bonds. The van der Waals surface area contributed by atoms with Crippen LogP contribution in [0.1, 0.15) is 0 Å². The molecule has 0 aliphatic heterocycles. The Hall–Kier alpha value is -1.47. The van der Waals surface area contributed by atoms with Gasteiger partial charge in [0.15, 0.2) is 0 Å². The Bertz CT molecular complexity index is 683. The van der Waals surface area contributed by atoms with Crippen molar-refractivity contribution in [3.63, 3.8) is 0 Å². The van der Waals surface area contributed by atoms with Crippen molar-refractivity contribution >= 4 is 46.3 Å². The first kappa shape index (κ1) is 17.9. The number of non-ortho nitro benzene ring substituents is 1. The molecular weight excluding hydrogens is 359 g/mol. The Morgan fingerprint density at radius 2 is 1.91 bits per heavy atom. The van der Waals surface area contributed by atoms with Gasteiger partial charge in [-0.25, -0.2) is 0 Å². The maximum atomic E-state index is 11.1. The fourth-order valence-electron chi connectivity index (χ4n) is 1.78. The van der Waals surface area contributed by atoms with E-state index in [9.17, 15) is 15.2 Å². The first-order valence-electron chi connectivity index (χ1n) is 6.68. The van der Waals surface area contributed by atoms with Gasteiger partial charge in [-0.15, -0.1) is 11.6 Å². The number of nitro groups is 1. The van der Waals surface area contributed by atoms with Crippen LogP contribution < -0.4 is 5.32 Å². The number of anilines is 1. The van der Waals surface area contributed by atoms with Crippen LogP contribution in [-0.4, -0.2) is 28.6 Å². The molecular formula is C15H14Cl2N2O3S. The van der Waals surface area contributed by atoms with E-state index in [0.717, 1.165) is 4.90 Å². The number of benzene rings is 2. The fourth-order valence-corrected chi connectivity index (χ4v) is 2.92. The lowest BCUT2D eigenvalue weighted by molar-refractivity contribution is -0.385. The molecule has 2 rings (SSSR count). The SMILES string of the molecule is O=[N+]([O-])c1cc(NCC(O)CCl)cc(Sc2ccc(Cl)cc2)c1. The quantitative estimate of drug-likeness (QED) is 0.427. The number of halogens is 2. The summed E-state index contributed by atoms with van der Waals surface area (Å²) in [5, 5.41) is 24.1. The minimum absolute atomic E-state index is 0.0215. The molecule has 122 valence electrons. The standard InChI is InChI=1S/C15H14Cl2N2O3S/c16-8-13(20)9-18-11-5-12(19(21)22)7-15(6-11)23-14-3-1-10(17)2-4-14/h1-7,13,18,20H,8-9H2. The minimum atomic E-state index is -0.719. The van der Waals surface area contributed by atoms with E-state index in [4.69, 9.17) is 23.2 Å². The monoisotopic (exact) mass is 372 g/mol. The van der Waals surface area contributed by atoms with Crippen molar-refractivity contribution in [2.75, 3.05) is 17.7 Å². The molecule has 0 fully saturated rings. The second-order valence-corrected chi connectivity index (χ2v) is 6.61. The Morgan fingerprint density at radius 1 is 1.22 bits per heavy atom. The van der Waals surface area contributed by atoms with Crippen molar-refractivity contribution in [2.24, 2.45) is 0 Å². The van der Waals surface area contributed by atoms with Gasteiger partial charge in [0.1, 0.15) is 0 Å². The molecule has 23 heavy (non-hydrogen) atoms. The molecule has 2 aromatic rings. The van der Waals surface area contributed by atoms with Gasteiger partial charge in [-0.05, 0) is 30.3 Å². The Balaban J connectivity index is 2.21. The molecule has 2 N–H and O–H groups in total. The van der Waals surface area contributed by atoms with Gasteiger partial charge in [0, 0.05) is 39.2 Å². The van der Waals surface area contributed by atoms with Crippen LogP contribution in [-0.2, 0) is 0 Å². The van der Waals surface area contributed by atoms with E-state index in [2.05, 4.69) is 5.32 Å². The summed E-state index contributed by atoms with van der Waals surface area (Å²) in [5.74, 6) is 0.0916. The molecule has 0 aliphatic carbocycles. The van der Waals surface area contributed by atoms with E-state index < -0.39 is 11.0 Å². The van der Waals surface area contributed by atoms with E-state index in [1.54, 1.807) is 18.2 Å². The van der Waals surface area contributed by atoms with Crippen molar-refractivity contribution in [1.29, 1.82) is 0 Å². The smallest absolute Gasteiger partial charge is 0.272 e. The minimum Gasteiger partial charge on any atom is -0.390 e. The zero-order valence-electron chi connectivity index (χ0n) is 11.9. The molecule has 5 nitrogen and oxygen atoms in total. The molecule has 1 unspecified atom stereocenters. The highest BCUT2D eigenvalue weighted by molar-refractivity contribution is 7.99. The van der Waals surface area contributed by atoms with Crippen LogP contribution in [0.2, 0.25) is 5.02 Å². The number of rotatable bonds is 7.